The van der Waals surface area contributed by atoms with E-state index in [1.165, 1.54) is 27.8 Å². The monoisotopic (exact) mass is 446 g/mol. The molecule has 0 amide bonds. The standard InChI is InChI=1S/C14H22O.C9H13.2ClH.Ti/c1-13(2,3)10-7-11(14(4,5)6)9-12(15)8-10;1-6-5-7(2)9(4)8(6)3;;;/h7-9,15H,1-6H3;6H,1-4H3;2*1H;/q;;;;+1/p-1. The molecule has 0 aliphatic heterocycles. The van der Waals surface area contributed by atoms with Gasteiger partial charge in [-0.05, 0) is 0 Å². The summed E-state index contributed by atoms with van der Waals surface area (Å²) in [7, 11) is 0. The van der Waals surface area contributed by atoms with Crippen LogP contribution in [0.5, 0.6) is 5.75 Å². The molecule has 0 bridgehead atoms. The van der Waals surface area contributed by atoms with Gasteiger partial charge in [-0.3, -0.25) is 0 Å². The summed E-state index contributed by atoms with van der Waals surface area (Å²) in [5.74, 6) is 1.60. The first-order chi connectivity index (χ1) is 11.3. The van der Waals surface area contributed by atoms with Crippen molar-refractivity contribution in [3.05, 3.63) is 49.9 Å². The van der Waals surface area contributed by atoms with Crippen LogP contribution in [0.25, 0.3) is 0 Å². The molecule has 0 heterocycles. The van der Waals surface area contributed by atoms with Gasteiger partial charge in [-0.1, -0.05) is 0 Å². The second kappa shape index (κ2) is 9.53. The predicted molar refractivity (Wildman–Crippen MR) is 119 cm³/mol. The van der Waals surface area contributed by atoms with Crippen LogP contribution in [0.2, 0.25) is 0 Å². The van der Waals surface area contributed by atoms with Gasteiger partial charge >= 0.3 is 165 Å². The third-order valence-electron chi connectivity index (χ3n) is 5.56. The molecule has 1 aliphatic rings. The van der Waals surface area contributed by atoms with Gasteiger partial charge < -0.3 is 0 Å². The summed E-state index contributed by atoms with van der Waals surface area (Å²) < 4.78 is 7.99. The van der Waals surface area contributed by atoms with Crippen molar-refractivity contribution < 1.29 is 22.9 Å². The summed E-state index contributed by atoms with van der Waals surface area (Å²) >= 11 is -0.608. The van der Waals surface area contributed by atoms with E-state index in [9.17, 15) is 0 Å². The van der Waals surface area contributed by atoms with Gasteiger partial charge in [0.2, 0.25) is 0 Å². The van der Waals surface area contributed by atoms with E-state index < -0.39 is 19.5 Å². The molecule has 1 atom stereocenters. The number of halogens is 2. The van der Waals surface area contributed by atoms with E-state index in [1.807, 2.05) is 0 Å². The molecule has 0 spiro atoms. The van der Waals surface area contributed by atoms with Crippen molar-refractivity contribution in [2.24, 2.45) is 5.92 Å². The van der Waals surface area contributed by atoms with Crippen LogP contribution in [0, 0.1) is 5.92 Å². The Morgan fingerprint density at radius 2 is 1.22 bits per heavy atom. The van der Waals surface area contributed by atoms with Gasteiger partial charge in [-0.2, -0.15) is 0 Å². The van der Waals surface area contributed by atoms with Gasteiger partial charge in [-0.15, -0.1) is 24.8 Å². The van der Waals surface area contributed by atoms with Crippen molar-refractivity contribution in [3.8, 4) is 5.75 Å². The molecular formula is C23H36Cl2OTi. The summed E-state index contributed by atoms with van der Waals surface area (Å²) in [5, 5.41) is 0. The van der Waals surface area contributed by atoms with Crippen LogP contribution in [0.1, 0.15) is 80.4 Å². The molecule has 152 valence electrons. The summed E-state index contributed by atoms with van der Waals surface area (Å²) in [5.41, 5.74) is 7.42. The number of rotatable bonds is 3. The van der Waals surface area contributed by atoms with E-state index in [0.717, 1.165) is 5.75 Å². The van der Waals surface area contributed by atoms with Crippen LogP contribution >= 0.6 is 24.8 Å². The van der Waals surface area contributed by atoms with E-state index in [0.29, 0.717) is 5.92 Å². The van der Waals surface area contributed by atoms with Gasteiger partial charge in [0.15, 0.2) is 0 Å². The van der Waals surface area contributed by atoms with Gasteiger partial charge in [0.25, 0.3) is 0 Å². The van der Waals surface area contributed by atoms with Gasteiger partial charge in [0.1, 0.15) is 0 Å². The topological polar surface area (TPSA) is 9.23 Å². The van der Waals surface area contributed by atoms with Crippen molar-refractivity contribution >= 4 is 24.8 Å². The Morgan fingerprint density at radius 3 is 1.56 bits per heavy atom. The van der Waals surface area contributed by atoms with E-state index >= 15 is 0 Å². The fourth-order valence-electron chi connectivity index (χ4n) is 3.17. The zero-order valence-corrected chi connectivity index (χ0v) is 21.7. The number of hydrogen-bond acceptors (Lipinski definition) is 1. The minimum Gasteiger partial charge on any atom is -0.147 e. The average molecular weight is 447 g/mol. The van der Waals surface area contributed by atoms with Gasteiger partial charge in [0, 0.05) is 0 Å². The molecule has 1 aromatic carbocycles. The summed E-state index contributed by atoms with van der Waals surface area (Å²) in [4.78, 5) is 0. The summed E-state index contributed by atoms with van der Waals surface area (Å²) in [6, 6.07) is 6.86. The van der Waals surface area contributed by atoms with Crippen LogP contribution in [0.15, 0.2) is 38.8 Å². The Kier molecular flexibility index (Phi) is 9.46. The molecule has 0 N–H and O–H groups in total. The van der Waals surface area contributed by atoms with Crippen LogP contribution in [0.3, 0.4) is 0 Å². The molecule has 27 heavy (non-hydrogen) atoms. The molecule has 0 radical (unpaired) electrons. The molecule has 2 rings (SSSR count). The Labute approximate surface area is 188 Å². The maximum absolute atomic E-state index is 6.44. The fourth-order valence-corrected chi connectivity index (χ4v) is 4.85. The van der Waals surface area contributed by atoms with Gasteiger partial charge in [-0.25, -0.2) is 0 Å². The molecule has 0 saturated carbocycles. The molecule has 0 aromatic heterocycles. The fraction of sp³-hybridized carbons (Fsp3) is 0.565. The molecule has 1 nitrogen and oxygen atoms in total. The predicted octanol–water partition coefficient (Wildman–Crippen LogP) is 7.76. The number of benzene rings is 1. The maximum Gasteiger partial charge on any atom is -0.147 e. The molecule has 0 fully saturated rings. The largest absolute Gasteiger partial charge is 0.147 e. The third kappa shape index (κ3) is 6.13. The minimum absolute atomic E-state index is 0. The molecule has 1 aromatic rings. The summed E-state index contributed by atoms with van der Waals surface area (Å²) in [6.45, 7) is 22.7. The van der Waals surface area contributed by atoms with Crippen LogP contribution in [0.4, 0.5) is 0 Å². The third-order valence-corrected chi connectivity index (χ3v) is 7.69. The van der Waals surface area contributed by atoms with Crippen molar-refractivity contribution in [3.63, 3.8) is 0 Å². The molecule has 1 aliphatic carbocycles. The first-order valence-electron chi connectivity index (χ1n) is 9.29. The minimum atomic E-state index is -0.608. The molecular weight excluding hydrogens is 411 g/mol. The Hall–Kier alpha value is -0.206. The first kappa shape index (κ1) is 26.8. The Morgan fingerprint density at radius 1 is 0.778 bits per heavy atom. The molecule has 4 heteroatoms. The second-order valence-electron chi connectivity index (χ2n) is 9.52. The van der Waals surface area contributed by atoms with E-state index in [-0.39, 0.29) is 35.6 Å². The first-order valence-corrected chi connectivity index (χ1v) is 10.7. The Balaban J connectivity index is 0.00000338. The van der Waals surface area contributed by atoms with Crippen molar-refractivity contribution in [1.82, 2.24) is 0 Å². The van der Waals surface area contributed by atoms with Crippen LogP contribution < -0.4 is 3.32 Å². The van der Waals surface area contributed by atoms with Crippen molar-refractivity contribution in [2.75, 3.05) is 0 Å². The quantitative estimate of drug-likeness (QED) is 0.431. The second-order valence-corrected chi connectivity index (χ2v) is 11.0. The van der Waals surface area contributed by atoms with Crippen molar-refractivity contribution in [2.45, 2.75) is 80.1 Å². The normalized spacial score (nSPS) is 17.5. The zero-order valence-electron chi connectivity index (χ0n) is 18.5. The maximum atomic E-state index is 6.44. The smallest absolute Gasteiger partial charge is 0.147 e. The van der Waals surface area contributed by atoms with E-state index in [1.54, 1.807) is 3.88 Å². The number of hydrogen-bond donors (Lipinski definition) is 0. The number of allylic oxidation sites excluding steroid dienone is 4. The average Bonchev–Trinajstić information content (AvgIpc) is 2.67. The van der Waals surface area contributed by atoms with Crippen LogP contribution in [-0.4, -0.2) is 0 Å². The summed E-state index contributed by atoms with van der Waals surface area (Å²) in [6.07, 6.45) is 0. The van der Waals surface area contributed by atoms with Crippen LogP contribution in [-0.2, 0) is 30.4 Å². The molecule has 1 unspecified atom stereocenters. The Bertz CT molecular complexity index is 701. The van der Waals surface area contributed by atoms with Gasteiger partial charge in [0.05, 0.1) is 0 Å². The molecule has 0 saturated heterocycles. The van der Waals surface area contributed by atoms with Crippen molar-refractivity contribution in [1.29, 1.82) is 0 Å². The zero-order chi connectivity index (χ0) is 19.2. The SMILES string of the molecule is CC1=C(C)C(C)[C]([Ti][O]c2cc(C(C)(C)C)cc(C(C)(C)C)c2)=C1C.Cl.Cl. The van der Waals surface area contributed by atoms with E-state index in [2.05, 4.69) is 87.4 Å². The van der Waals surface area contributed by atoms with E-state index in [4.69, 9.17) is 3.32 Å².